The van der Waals surface area contributed by atoms with Gasteiger partial charge < -0.3 is 14.4 Å². The van der Waals surface area contributed by atoms with Crippen molar-refractivity contribution in [2.24, 2.45) is 5.92 Å². The number of carbonyl (C=O) groups excluding carboxylic acids is 2. The van der Waals surface area contributed by atoms with Crippen molar-refractivity contribution in [3.05, 3.63) is 28.7 Å². The summed E-state index contributed by atoms with van der Waals surface area (Å²) in [6.45, 7) is 4.61. The van der Waals surface area contributed by atoms with Gasteiger partial charge in [0, 0.05) is 26.1 Å². The summed E-state index contributed by atoms with van der Waals surface area (Å²) < 4.78 is 11.2. The largest absolute Gasteiger partial charge is 0.454 e. The third-order valence-electron chi connectivity index (χ3n) is 5.48. The molecule has 1 aromatic rings. The second-order valence-electron chi connectivity index (χ2n) is 7.61. The molecule has 0 atom stereocenters. The molecule has 4 rings (SSSR count). The van der Waals surface area contributed by atoms with Crippen LogP contribution >= 0.6 is 24.0 Å². The van der Waals surface area contributed by atoms with Crippen LogP contribution in [0.1, 0.15) is 38.2 Å². The van der Waals surface area contributed by atoms with Gasteiger partial charge in [-0.15, -0.1) is 0 Å². The molecule has 0 unspecified atom stereocenters. The van der Waals surface area contributed by atoms with E-state index in [-0.39, 0.29) is 18.6 Å². The van der Waals surface area contributed by atoms with E-state index in [0.29, 0.717) is 46.0 Å². The number of hydrogen-bond acceptors (Lipinski definition) is 6. The van der Waals surface area contributed by atoms with Crippen molar-refractivity contribution in [1.82, 2.24) is 9.80 Å². The van der Waals surface area contributed by atoms with Crippen LogP contribution in [0.15, 0.2) is 23.1 Å². The highest BCUT2D eigenvalue weighted by Crippen LogP contribution is 2.36. The lowest BCUT2D eigenvalue weighted by Crippen LogP contribution is -2.38. The van der Waals surface area contributed by atoms with Gasteiger partial charge in [0.05, 0.1) is 4.91 Å². The first-order chi connectivity index (χ1) is 14.0. The molecule has 2 amide bonds. The number of fused-ring (bicyclic) bond motifs is 1. The molecular formula is C21H24N2O4S2. The molecule has 1 aromatic carbocycles. The monoisotopic (exact) mass is 432 g/mol. The average Bonchev–Trinajstić information content (AvgIpc) is 3.27. The minimum absolute atomic E-state index is 0.100. The number of likely N-dealkylation sites (tertiary alicyclic amines) is 1. The lowest BCUT2D eigenvalue weighted by Gasteiger charge is -2.30. The maximum atomic E-state index is 12.8. The van der Waals surface area contributed by atoms with Crippen molar-refractivity contribution in [2.75, 3.05) is 26.4 Å². The molecule has 0 bridgehead atoms. The molecule has 0 N–H and O–H groups in total. The molecule has 3 heterocycles. The fourth-order valence-corrected chi connectivity index (χ4v) is 4.96. The molecule has 29 heavy (non-hydrogen) atoms. The van der Waals surface area contributed by atoms with Crippen LogP contribution < -0.4 is 9.47 Å². The number of piperidine rings is 1. The molecule has 2 fully saturated rings. The quantitative estimate of drug-likeness (QED) is 0.523. The van der Waals surface area contributed by atoms with Crippen LogP contribution in [0.3, 0.4) is 0 Å². The fraction of sp³-hybridized carbons (Fsp3) is 0.476. The Morgan fingerprint density at radius 1 is 1.28 bits per heavy atom. The first kappa shape index (κ1) is 20.2. The van der Waals surface area contributed by atoms with E-state index in [4.69, 9.17) is 21.7 Å². The Hall–Kier alpha value is -2.06. The summed E-state index contributed by atoms with van der Waals surface area (Å²) in [6, 6.07) is 5.58. The fourth-order valence-electron chi connectivity index (χ4n) is 3.65. The van der Waals surface area contributed by atoms with Crippen LogP contribution in [0.2, 0.25) is 0 Å². The zero-order chi connectivity index (χ0) is 20.4. The number of carbonyl (C=O) groups is 2. The molecule has 0 spiro atoms. The number of rotatable bonds is 5. The van der Waals surface area contributed by atoms with E-state index in [0.717, 1.165) is 31.5 Å². The van der Waals surface area contributed by atoms with Gasteiger partial charge >= 0.3 is 0 Å². The number of amides is 2. The van der Waals surface area contributed by atoms with E-state index in [2.05, 4.69) is 6.92 Å². The Morgan fingerprint density at radius 2 is 2.03 bits per heavy atom. The average molecular weight is 433 g/mol. The molecule has 8 heteroatoms. The molecule has 3 aliphatic heterocycles. The minimum atomic E-state index is -0.100. The molecule has 154 valence electrons. The number of ether oxygens (including phenoxy) is 2. The van der Waals surface area contributed by atoms with Crippen molar-refractivity contribution >= 4 is 46.2 Å². The summed E-state index contributed by atoms with van der Waals surface area (Å²) in [5.74, 6) is 2.17. The maximum Gasteiger partial charge on any atom is 0.266 e. The smallest absolute Gasteiger partial charge is 0.266 e. The Bertz CT molecular complexity index is 862. The first-order valence-electron chi connectivity index (χ1n) is 9.94. The SMILES string of the molecule is CC1CCN(C(=O)CCCN2C(=O)C(=Cc3ccc4c(c3)OCO4)SC2=S)CC1. The maximum absolute atomic E-state index is 12.8. The normalized spacial score (nSPS) is 20.8. The number of thioether (sulfide) groups is 1. The Morgan fingerprint density at radius 3 is 2.83 bits per heavy atom. The Labute approximate surface area is 180 Å². The molecule has 6 nitrogen and oxygen atoms in total. The van der Waals surface area contributed by atoms with Crippen LogP contribution in [0.25, 0.3) is 6.08 Å². The second-order valence-corrected chi connectivity index (χ2v) is 9.29. The van der Waals surface area contributed by atoms with E-state index >= 15 is 0 Å². The van der Waals surface area contributed by atoms with E-state index in [1.165, 1.54) is 11.8 Å². The van der Waals surface area contributed by atoms with Gasteiger partial charge in [-0.3, -0.25) is 14.5 Å². The van der Waals surface area contributed by atoms with Crippen molar-refractivity contribution in [3.63, 3.8) is 0 Å². The molecule has 0 radical (unpaired) electrons. The van der Waals surface area contributed by atoms with E-state index < -0.39 is 0 Å². The van der Waals surface area contributed by atoms with Crippen LogP contribution in [-0.4, -0.2) is 52.4 Å². The van der Waals surface area contributed by atoms with Crippen molar-refractivity contribution in [2.45, 2.75) is 32.6 Å². The Balaban J connectivity index is 1.32. The van der Waals surface area contributed by atoms with Crippen LogP contribution in [0, 0.1) is 5.92 Å². The summed E-state index contributed by atoms with van der Waals surface area (Å²) in [4.78, 5) is 29.3. The highest BCUT2D eigenvalue weighted by Gasteiger charge is 2.32. The Kier molecular flexibility index (Phi) is 6.10. The lowest BCUT2D eigenvalue weighted by molar-refractivity contribution is -0.133. The van der Waals surface area contributed by atoms with Gasteiger partial charge in [-0.05, 0) is 49.0 Å². The van der Waals surface area contributed by atoms with Gasteiger partial charge in [0.15, 0.2) is 11.5 Å². The van der Waals surface area contributed by atoms with Crippen LogP contribution in [-0.2, 0) is 9.59 Å². The van der Waals surface area contributed by atoms with Crippen molar-refractivity contribution < 1.29 is 19.1 Å². The highest BCUT2D eigenvalue weighted by molar-refractivity contribution is 8.26. The van der Waals surface area contributed by atoms with E-state index in [9.17, 15) is 9.59 Å². The molecular weight excluding hydrogens is 408 g/mol. The van der Waals surface area contributed by atoms with Gasteiger partial charge in [-0.25, -0.2) is 0 Å². The van der Waals surface area contributed by atoms with Gasteiger partial charge in [0.2, 0.25) is 12.7 Å². The van der Waals surface area contributed by atoms with Gasteiger partial charge in [0.1, 0.15) is 4.32 Å². The summed E-state index contributed by atoms with van der Waals surface area (Å²) in [5.41, 5.74) is 0.865. The third-order valence-corrected chi connectivity index (χ3v) is 6.85. The van der Waals surface area contributed by atoms with E-state index in [1.807, 2.05) is 29.2 Å². The first-order valence-corrected chi connectivity index (χ1v) is 11.2. The zero-order valence-electron chi connectivity index (χ0n) is 16.4. The minimum Gasteiger partial charge on any atom is -0.454 e. The summed E-state index contributed by atoms with van der Waals surface area (Å²) in [7, 11) is 0. The van der Waals surface area contributed by atoms with Crippen molar-refractivity contribution in [1.29, 1.82) is 0 Å². The topological polar surface area (TPSA) is 59.1 Å². The lowest BCUT2D eigenvalue weighted by atomic mass is 9.99. The number of thiocarbonyl (C=S) groups is 1. The number of hydrogen-bond donors (Lipinski definition) is 0. The predicted octanol–water partition coefficient (Wildman–Crippen LogP) is 3.66. The molecule has 0 aliphatic carbocycles. The highest BCUT2D eigenvalue weighted by atomic mass is 32.2. The standard InChI is InChI=1S/C21H24N2O4S2/c1-14-6-9-22(10-7-14)19(24)3-2-8-23-20(25)18(29-21(23)28)12-15-4-5-16-17(11-15)27-13-26-16/h4-5,11-12,14H,2-3,6-10,13H2,1H3. The second kappa shape index (κ2) is 8.75. The molecule has 0 aromatic heterocycles. The molecule has 0 saturated carbocycles. The van der Waals surface area contributed by atoms with Crippen LogP contribution in [0.5, 0.6) is 11.5 Å². The van der Waals surface area contributed by atoms with Crippen molar-refractivity contribution in [3.8, 4) is 11.5 Å². The predicted molar refractivity (Wildman–Crippen MR) is 117 cm³/mol. The molecule has 2 saturated heterocycles. The summed E-state index contributed by atoms with van der Waals surface area (Å²) >= 11 is 6.69. The van der Waals surface area contributed by atoms with E-state index in [1.54, 1.807) is 4.90 Å². The van der Waals surface area contributed by atoms with Gasteiger partial charge in [-0.2, -0.15) is 0 Å². The zero-order valence-corrected chi connectivity index (χ0v) is 18.0. The number of benzene rings is 1. The molecule has 3 aliphatic rings. The summed E-state index contributed by atoms with van der Waals surface area (Å²) in [6.07, 6.45) is 5.04. The van der Waals surface area contributed by atoms with Gasteiger partial charge in [0.25, 0.3) is 5.91 Å². The van der Waals surface area contributed by atoms with Crippen LogP contribution in [0.4, 0.5) is 0 Å². The summed E-state index contributed by atoms with van der Waals surface area (Å²) in [5, 5.41) is 0. The van der Waals surface area contributed by atoms with Gasteiger partial charge in [-0.1, -0.05) is 37.0 Å². The third kappa shape index (κ3) is 4.59. The number of nitrogens with zero attached hydrogens (tertiary/aromatic N) is 2.